The summed E-state index contributed by atoms with van der Waals surface area (Å²) in [6.45, 7) is 5.04. The van der Waals surface area contributed by atoms with Crippen molar-refractivity contribution in [3.05, 3.63) is 47.4 Å². The highest BCUT2D eigenvalue weighted by atomic mass is 35.5. The molecule has 0 saturated carbocycles. The molecule has 3 rings (SSSR count). The molecule has 0 bridgehead atoms. The van der Waals surface area contributed by atoms with E-state index < -0.39 is 0 Å². The Morgan fingerprint density at radius 3 is 2.76 bits per heavy atom. The topological polar surface area (TPSA) is 58.0 Å². The van der Waals surface area contributed by atoms with Crippen molar-refractivity contribution in [1.82, 2.24) is 10.2 Å². The third-order valence-electron chi connectivity index (χ3n) is 4.31. The molecule has 2 aromatic rings. The van der Waals surface area contributed by atoms with E-state index in [2.05, 4.69) is 15.1 Å². The van der Waals surface area contributed by atoms with E-state index in [4.69, 9.17) is 20.8 Å². The number of anilines is 1. The normalized spacial score (nSPS) is 15.2. The second-order valence-electron chi connectivity index (χ2n) is 5.88. The van der Waals surface area contributed by atoms with Crippen LogP contribution in [0.2, 0.25) is 5.02 Å². The third-order valence-corrected chi connectivity index (χ3v) is 4.55. The summed E-state index contributed by atoms with van der Waals surface area (Å²) in [7, 11) is 1.67. The number of methoxy groups -OCH3 is 1. The molecule has 1 aromatic carbocycles. The van der Waals surface area contributed by atoms with Crippen molar-refractivity contribution in [3.8, 4) is 5.75 Å². The van der Waals surface area contributed by atoms with Crippen LogP contribution in [0.15, 0.2) is 41.0 Å². The smallest absolute Gasteiger partial charge is 0.287 e. The van der Waals surface area contributed by atoms with Gasteiger partial charge in [0.05, 0.1) is 19.1 Å². The molecule has 0 unspecified atom stereocenters. The van der Waals surface area contributed by atoms with Gasteiger partial charge in [-0.05, 0) is 30.3 Å². The Morgan fingerprint density at radius 1 is 1.28 bits per heavy atom. The van der Waals surface area contributed by atoms with Crippen LogP contribution in [-0.2, 0) is 0 Å². The fourth-order valence-electron chi connectivity index (χ4n) is 2.95. The molecule has 0 atom stereocenters. The first-order valence-electron chi connectivity index (χ1n) is 8.30. The summed E-state index contributed by atoms with van der Waals surface area (Å²) in [6.07, 6.45) is 1.50. The molecule has 134 valence electrons. The number of furan rings is 1. The lowest BCUT2D eigenvalue weighted by atomic mass is 10.2. The lowest BCUT2D eigenvalue weighted by molar-refractivity contribution is 0.0920. The highest BCUT2D eigenvalue weighted by Crippen LogP contribution is 2.31. The number of hydrogen-bond donors (Lipinski definition) is 1. The second kappa shape index (κ2) is 8.27. The third kappa shape index (κ3) is 4.46. The Kier molecular flexibility index (Phi) is 5.83. The summed E-state index contributed by atoms with van der Waals surface area (Å²) >= 11 is 6.12. The Balaban J connectivity index is 1.46. The van der Waals surface area contributed by atoms with E-state index in [1.165, 1.54) is 6.26 Å². The summed E-state index contributed by atoms with van der Waals surface area (Å²) < 4.78 is 10.5. The van der Waals surface area contributed by atoms with E-state index in [0.29, 0.717) is 17.3 Å². The van der Waals surface area contributed by atoms with Gasteiger partial charge in [-0.2, -0.15) is 0 Å². The summed E-state index contributed by atoms with van der Waals surface area (Å²) in [6, 6.07) is 9.04. The van der Waals surface area contributed by atoms with Crippen LogP contribution in [0.1, 0.15) is 10.6 Å². The zero-order valence-corrected chi connectivity index (χ0v) is 15.0. The number of carbonyl (C=O) groups is 1. The van der Waals surface area contributed by atoms with E-state index in [1.807, 2.05) is 18.2 Å². The molecule has 0 radical (unpaired) electrons. The Bertz CT molecular complexity index is 698. The highest BCUT2D eigenvalue weighted by molar-refractivity contribution is 6.30. The summed E-state index contributed by atoms with van der Waals surface area (Å²) in [5, 5.41) is 3.58. The quantitative estimate of drug-likeness (QED) is 0.854. The fourth-order valence-corrected chi connectivity index (χ4v) is 3.11. The molecule has 0 spiro atoms. The first-order chi connectivity index (χ1) is 12.2. The van der Waals surface area contributed by atoms with Crippen LogP contribution in [0.3, 0.4) is 0 Å². The average molecular weight is 364 g/mol. The SMILES string of the molecule is COc1ccc(Cl)cc1N1CCN(CCNC(=O)c2ccco2)CC1. The number of amides is 1. The van der Waals surface area contributed by atoms with Crippen LogP contribution in [0.5, 0.6) is 5.75 Å². The molecule has 1 N–H and O–H groups in total. The largest absolute Gasteiger partial charge is 0.495 e. The van der Waals surface area contributed by atoms with Gasteiger partial charge in [-0.1, -0.05) is 11.6 Å². The monoisotopic (exact) mass is 363 g/mol. The average Bonchev–Trinajstić information content (AvgIpc) is 3.17. The molecule has 1 aliphatic heterocycles. The number of piperazine rings is 1. The molecule has 7 heteroatoms. The number of ether oxygens (including phenoxy) is 1. The maximum Gasteiger partial charge on any atom is 0.287 e. The number of nitrogens with one attached hydrogen (secondary N) is 1. The van der Waals surface area contributed by atoms with Gasteiger partial charge in [-0.3, -0.25) is 9.69 Å². The predicted octanol–water partition coefficient (Wildman–Crippen LogP) is 2.49. The molecule has 2 heterocycles. The maximum absolute atomic E-state index is 11.8. The summed E-state index contributed by atoms with van der Waals surface area (Å²) in [4.78, 5) is 16.4. The van der Waals surface area contributed by atoms with E-state index >= 15 is 0 Å². The predicted molar refractivity (Wildman–Crippen MR) is 97.7 cm³/mol. The van der Waals surface area contributed by atoms with E-state index in [0.717, 1.165) is 44.2 Å². The zero-order chi connectivity index (χ0) is 17.6. The minimum Gasteiger partial charge on any atom is -0.495 e. The highest BCUT2D eigenvalue weighted by Gasteiger charge is 2.20. The minimum atomic E-state index is -0.174. The zero-order valence-electron chi connectivity index (χ0n) is 14.2. The number of halogens is 1. The summed E-state index contributed by atoms with van der Waals surface area (Å²) in [5.74, 6) is 1.01. The fraction of sp³-hybridized carbons (Fsp3) is 0.389. The van der Waals surface area contributed by atoms with Crippen molar-refractivity contribution in [2.24, 2.45) is 0 Å². The van der Waals surface area contributed by atoms with E-state index in [1.54, 1.807) is 19.2 Å². The van der Waals surface area contributed by atoms with Gasteiger partial charge >= 0.3 is 0 Å². The lowest BCUT2D eigenvalue weighted by Crippen LogP contribution is -2.48. The van der Waals surface area contributed by atoms with Gasteiger partial charge in [0.2, 0.25) is 0 Å². The van der Waals surface area contributed by atoms with Gasteiger partial charge < -0.3 is 19.4 Å². The van der Waals surface area contributed by atoms with Gasteiger partial charge in [0.15, 0.2) is 5.76 Å². The summed E-state index contributed by atoms with van der Waals surface area (Å²) in [5.41, 5.74) is 1.03. The Hall–Kier alpha value is -2.18. The first-order valence-corrected chi connectivity index (χ1v) is 8.67. The van der Waals surface area contributed by atoms with Crippen molar-refractivity contribution in [2.45, 2.75) is 0 Å². The van der Waals surface area contributed by atoms with Crippen LogP contribution < -0.4 is 15.0 Å². The van der Waals surface area contributed by atoms with Crippen molar-refractivity contribution in [2.75, 3.05) is 51.3 Å². The molecule has 6 nitrogen and oxygen atoms in total. The molecule has 1 amide bonds. The van der Waals surface area contributed by atoms with E-state index in [9.17, 15) is 4.79 Å². The van der Waals surface area contributed by atoms with Crippen LogP contribution in [-0.4, -0.2) is 57.2 Å². The molecule has 1 saturated heterocycles. The van der Waals surface area contributed by atoms with Crippen molar-refractivity contribution in [3.63, 3.8) is 0 Å². The van der Waals surface area contributed by atoms with Crippen LogP contribution in [0, 0.1) is 0 Å². The van der Waals surface area contributed by atoms with Crippen LogP contribution >= 0.6 is 11.6 Å². The number of nitrogens with zero attached hydrogens (tertiary/aromatic N) is 2. The standard InChI is InChI=1S/C18H22ClN3O3/c1-24-16-5-4-14(19)13-15(16)22-10-8-21(9-11-22)7-6-20-18(23)17-3-2-12-25-17/h2-5,12-13H,6-11H2,1H3,(H,20,23). The number of carbonyl (C=O) groups excluding carboxylic acids is 1. The van der Waals surface area contributed by atoms with Crippen LogP contribution in [0.4, 0.5) is 5.69 Å². The van der Waals surface area contributed by atoms with Gasteiger partial charge in [0, 0.05) is 44.3 Å². The number of rotatable bonds is 6. The van der Waals surface area contributed by atoms with E-state index in [-0.39, 0.29) is 5.91 Å². The van der Waals surface area contributed by atoms with Gasteiger partial charge in [-0.15, -0.1) is 0 Å². The van der Waals surface area contributed by atoms with Crippen molar-refractivity contribution in [1.29, 1.82) is 0 Å². The molecule has 0 aliphatic carbocycles. The minimum absolute atomic E-state index is 0.174. The first kappa shape index (κ1) is 17.6. The molecular weight excluding hydrogens is 342 g/mol. The van der Waals surface area contributed by atoms with Gasteiger partial charge in [0.25, 0.3) is 5.91 Å². The van der Waals surface area contributed by atoms with Crippen molar-refractivity contribution >= 4 is 23.2 Å². The second-order valence-corrected chi connectivity index (χ2v) is 6.31. The van der Waals surface area contributed by atoms with Gasteiger partial charge in [0.1, 0.15) is 5.75 Å². The Morgan fingerprint density at radius 2 is 2.08 bits per heavy atom. The maximum atomic E-state index is 11.8. The number of benzene rings is 1. The lowest BCUT2D eigenvalue weighted by Gasteiger charge is -2.36. The van der Waals surface area contributed by atoms with Gasteiger partial charge in [-0.25, -0.2) is 0 Å². The molecular formula is C18H22ClN3O3. The van der Waals surface area contributed by atoms with Crippen molar-refractivity contribution < 1.29 is 13.9 Å². The Labute approximate surface area is 152 Å². The molecule has 1 aromatic heterocycles. The molecule has 25 heavy (non-hydrogen) atoms. The molecule has 1 aliphatic rings. The van der Waals surface area contributed by atoms with Crippen LogP contribution in [0.25, 0.3) is 0 Å². The molecule has 1 fully saturated rings. The number of hydrogen-bond acceptors (Lipinski definition) is 5.